The van der Waals surface area contributed by atoms with E-state index in [-0.39, 0.29) is 10.8 Å². The van der Waals surface area contributed by atoms with Crippen molar-refractivity contribution in [3.05, 3.63) is 59.7 Å². The molecule has 0 atom stereocenters. The molecule has 2 fully saturated rings. The highest BCUT2D eigenvalue weighted by Gasteiger charge is 2.28. The van der Waals surface area contributed by atoms with Gasteiger partial charge in [-0.05, 0) is 73.9 Å². The number of hydrogen-bond donors (Lipinski definition) is 0. The molecule has 6 nitrogen and oxygen atoms in total. The van der Waals surface area contributed by atoms with Crippen molar-refractivity contribution in [1.82, 2.24) is 9.21 Å². The van der Waals surface area contributed by atoms with E-state index in [2.05, 4.69) is 12.1 Å². The molecule has 7 heteroatoms. The number of hydrogen-bond acceptors (Lipinski definition) is 4. The summed E-state index contributed by atoms with van der Waals surface area (Å²) in [6.07, 6.45) is 6.81. The fourth-order valence-electron chi connectivity index (χ4n) is 4.84. The number of likely N-dealkylation sites (tertiary alicyclic amines) is 1. The predicted octanol–water partition coefficient (Wildman–Crippen LogP) is 4.35. The van der Waals surface area contributed by atoms with Gasteiger partial charge in [0.05, 0.1) is 12.0 Å². The molecular formula is C26H34N2O4S. The summed E-state index contributed by atoms with van der Waals surface area (Å²) in [7, 11) is -1.90. The Morgan fingerprint density at radius 1 is 0.939 bits per heavy atom. The smallest absolute Gasteiger partial charge is 0.253 e. The van der Waals surface area contributed by atoms with Crippen LogP contribution in [0.4, 0.5) is 0 Å². The maximum Gasteiger partial charge on any atom is 0.253 e. The van der Waals surface area contributed by atoms with Crippen LogP contribution in [0.25, 0.3) is 0 Å². The molecule has 0 bridgehead atoms. The third-order valence-corrected chi connectivity index (χ3v) is 8.76. The predicted molar refractivity (Wildman–Crippen MR) is 129 cm³/mol. The molecule has 0 aliphatic carbocycles. The lowest BCUT2D eigenvalue weighted by Gasteiger charge is -2.32. The van der Waals surface area contributed by atoms with Crippen molar-refractivity contribution >= 4 is 15.9 Å². The molecule has 0 N–H and O–H groups in total. The summed E-state index contributed by atoms with van der Waals surface area (Å²) in [5.41, 5.74) is 1.74. The van der Waals surface area contributed by atoms with Crippen LogP contribution in [0.2, 0.25) is 0 Å². The zero-order chi connectivity index (χ0) is 23.3. The van der Waals surface area contributed by atoms with E-state index in [1.165, 1.54) is 5.56 Å². The summed E-state index contributed by atoms with van der Waals surface area (Å²) in [4.78, 5) is 15.2. The number of amides is 1. The van der Waals surface area contributed by atoms with Gasteiger partial charge >= 0.3 is 0 Å². The molecule has 2 aliphatic rings. The summed E-state index contributed by atoms with van der Waals surface area (Å²) >= 11 is 0. The van der Waals surface area contributed by atoms with E-state index in [9.17, 15) is 13.2 Å². The highest BCUT2D eigenvalue weighted by molar-refractivity contribution is 7.89. The quantitative estimate of drug-likeness (QED) is 0.629. The first-order valence-corrected chi connectivity index (χ1v) is 13.4. The summed E-state index contributed by atoms with van der Waals surface area (Å²) in [5, 5.41) is 0. The Morgan fingerprint density at radius 2 is 1.61 bits per heavy atom. The lowest BCUT2D eigenvalue weighted by molar-refractivity contribution is 0.0690. The van der Waals surface area contributed by atoms with Gasteiger partial charge < -0.3 is 9.64 Å². The average molecular weight is 471 g/mol. The molecule has 2 heterocycles. The molecule has 1 amide bonds. The normalized spacial score (nSPS) is 18.6. The van der Waals surface area contributed by atoms with Gasteiger partial charge in [-0.1, -0.05) is 31.0 Å². The zero-order valence-corrected chi connectivity index (χ0v) is 20.2. The minimum Gasteiger partial charge on any atom is -0.497 e. The van der Waals surface area contributed by atoms with Crippen LogP contribution in [0, 0.1) is 5.92 Å². The van der Waals surface area contributed by atoms with Crippen LogP contribution in [0.5, 0.6) is 5.75 Å². The summed E-state index contributed by atoms with van der Waals surface area (Å²) in [5.74, 6) is 1.32. The van der Waals surface area contributed by atoms with Crippen molar-refractivity contribution in [3.8, 4) is 5.75 Å². The van der Waals surface area contributed by atoms with Gasteiger partial charge in [-0.15, -0.1) is 0 Å². The highest BCUT2D eigenvalue weighted by Crippen LogP contribution is 2.25. The topological polar surface area (TPSA) is 66.9 Å². The maximum absolute atomic E-state index is 13.1. The molecule has 33 heavy (non-hydrogen) atoms. The SMILES string of the molecule is COc1ccc(CC2CCN(C(=O)c3cccc(S(=O)(=O)N4CCCCCC4)c3)CC2)cc1. The third kappa shape index (κ3) is 5.76. The first kappa shape index (κ1) is 23.8. The van der Waals surface area contributed by atoms with Gasteiger partial charge in [0.2, 0.25) is 10.0 Å². The molecule has 4 rings (SSSR count). The van der Waals surface area contributed by atoms with Crippen molar-refractivity contribution in [2.45, 2.75) is 49.8 Å². The van der Waals surface area contributed by atoms with Gasteiger partial charge in [-0.25, -0.2) is 8.42 Å². The van der Waals surface area contributed by atoms with E-state index in [0.29, 0.717) is 37.7 Å². The Labute approximate surface area is 197 Å². The van der Waals surface area contributed by atoms with Crippen LogP contribution in [0.1, 0.15) is 54.4 Å². The van der Waals surface area contributed by atoms with E-state index in [0.717, 1.165) is 50.7 Å². The van der Waals surface area contributed by atoms with Gasteiger partial charge in [0.25, 0.3) is 5.91 Å². The molecular weight excluding hydrogens is 436 g/mol. The molecule has 2 aromatic carbocycles. The zero-order valence-electron chi connectivity index (χ0n) is 19.4. The van der Waals surface area contributed by atoms with Crippen molar-refractivity contribution < 1.29 is 17.9 Å². The summed E-state index contributed by atoms with van der Waals surface area (Å²) in [6.45, 7) is 2.51. The Bertz CT molecular complexity index is 1040. The number of ether oxygens (including phenoxy) is 1. The van der Waals surface area contributed by atoms with Crippen LogP contribution in [-0.4, -0.2) is 56.8 Å². The van der Waals surface area contributed by atoms with E-state index >= 15 is 0 Å². The maximum atomic E-state index is 13.1. The van der Waals surface area contributed by atoms with Gasteiger partial charge in [-0.3, -0.25) is 4.79 Å². The van der Waals surface area contributed by atoms with Crippen molar-refractivity contribution in [2.24, 2.45) is 5.92 Å². The van der Waals surface area contributed by atoms with Crippen molar-refractivity contribution in [1.29, 1.82) is 0 Å². The number of piperidine rings is 1. The van der Waals surface area contributed by atoms with Crippen LogP contribution in [0.15, 0.2) is 53.4 Å². The number of carbonyl (C=O) groups excluding carboxylic acids is 1. The largest absolute Gasteiger partial charge is 0.497 e. The fraction of sp³-hybridized carbons (Fsp3) is 0.500. The first-order valence-electron chi connectivity index (χ1n) is 12.0. The summed E-state index contributed by atoms with van der Waals surface area (Å²) in [6, 6.07) is 14.8. The Kier molecular flexibility index (Phi) is 7.71. The Balaban J connectivity index is 1.37. The van der Waals surface area contributed by atoms with Crippen LogP contribution in [0.3, 0.4) is 0 Å². The van der Waals surface area contributed by atoms with Gasteiger partial charge in [-0.2, -0.15) is 4.31 Å². The van der Waals surface area contributed by atoms with Gasteiger partial charge in [0.1, 0.15) is 5.75 Å². The second kappa shape index (κ2) is 10.7. The standard InChI is InChI=1S/C26H34N2O4S/c1-32-24-11-9-21(10-12-24)19-22-13-17-27(18-14-22)26(29)23-7-6-8-25(20-23)33(30,31)28-15-4-2-3-5-16-28/h6-12,20,22H,2-5,13-19H2,1H3. The molecule has 0 radical (unpaired) electrons. The lowest BCUT2D eigenvalue weighted by atomic mass is 9.90. The molecule has 0 spiro atoms. The molecule has 0 saturated carbocycles. The molecule has 2 aliphatic heterocycles. The molecule has 0 aromatic heterocycles. The number of methoxy groups -OCH3 is 1. The number of rotatable bonds is 6. The van der Waals surface area contributed by atoms with Crippen LogP contribution in [-0.2, 0) is 16.4 Å². The minimum atomic E-state index is -3.57. The number of sulfonamides is 1. The Morgan fingerprint density at radius 3 is 2.24 bits per heavy atom. The summed E-state index contributed by atoms with van der Waals surface area (Å²) < 4.78 is 33.1. The van der Waals surface area contributed by atoms with E-state index in [1.54, 1.807) is 35.7 Å². The van der Waals surface area contributed by atoms with Crippen LogP contribution >= 0.6 is 0 Å². The third-order valence-electron chi connectivity index (χ3n) is 6.87. The molecule has 2 aromatic rings. The highest BCUT2D eigenvalue weighted by atomic mass is 32.2. The van der Waals surface area contributed by atoms with Crippen molar-refractivity contribution in [3.63, 3.8) is 0 Å². The lowest BCUT2D eigenvalue weighted by Crippen LogP contribution is -2.39. The number of benzene rings is 2. The molecule has 178 valence electrons. The van der Waals surface area contributed by atoms with E-state index in [1.807, 2.05) is 17.0 Å². The van der Waals surface area contributed by atoms with E-state index in [4.69, 9.17) is 4.74 Å². The molecule has 2 saturated heterocycles. The average Bonchev–Trinajstić information content (AvgIpc) is 3.15. The minimum absolute atomic E-state index is 0.0780. The second-order valence-electron chi connectivity index (χ2n) is 9.13. The number of carbonyl (C=O) groups is 1. The Hall–Kier alpha value is -2.38. The van der Waals surface area contributed by atoms with Gasteiger partial charge in [0, 0.05) is 31.7 Å². The van der Waals surface area contributed by atoms with E-state index < -0.39 is 10.0 Å². The molecule has 0 unspecified atom stereocenters. The monoisotopic (exact) mass is 470 g/mol. The van der Waals surface area contributed by atoms with Crippen molar-refractivity contribution in [2.75, 3.05) is 33.3 Å². The number of nitrogens with zero attached hydrogens (tertiary/aromatic N) is 2. The van der Waals surface area contributed by atoms with Crippen LogP contribution < -0.4 is 4.74 Å². The first-order chi connectivity index (χ1) is 16.0. The second-order valence-corrected chi connectivity index (χ2v) is 11.1. The van der Waals surface area contributed by atoms with Gasteiger partial charge in [0.15, 0.2) is 0 Å². The fourth-order valence-corrected chi connectivity index (χ4v) is 6.40.